The number of pyridine rings is 1. The van der Waals surface area contributed by atoms with E-state index < -0.39 is 0 Å². The summed E-state index contributed by atoms with van der Waals surface area (Å²) in [4.78, 5) is 34.1. The van der Waals surface area contributed by atoms with Crippen LogP contribution in [0.15, 0.2) is 83.8 Å². The van der Waals surface area contributed by atoms with Gasteiger partial charge in [-0.05, 0) is 61.3 Å². The van der Waals surface area contributed by atoms with Crippen LogP contribution >= 0.6 is 11.6 Å². The van der Waals surface area contributed by atoms with Crippen molar-refractivity contribution < 1.29 is 4.79 Å². The zero-order valence-corrected chi connectivity index (χ0v) is 20.5. The predicted molar refractivity (Wildman–Crippen MR) is 140 cm³/mol. The number of hydrogen-bond donors (Lipinski definition) is 1. The number of carbonyl (C=O) groups is 1. The van der Waals surface area contributed by atoms with Gasteiger partial charge in [-0.25, -0.2) is 4.98 Å². The molecule has 0 saturated heterocycles. The van der Waals surface area contributed by atoms with Crippen molar-refractivity contribution >= 4 is 23.2 Å². The molecule has 1 unspecified atom stereocenters. The lowest BCUT2D eigenvalue weighted by Gasteiger charge is -2.32. The largest absolute Gasteiger partial charge is 0.330 e. The van der Waals surface area contributed by atoms with Gasteiger partial charge < -0.3 is 10.6 Å². The van der Waals surface area contributed by atoms with Gasteiger partial charge in [0.1, 0.15) is 5.65 Å². The Kier molecular flexibility index (Phi) is 7.95. The van der Waals surface area contributed by atoms with Crippen LogP contribution in [0.5, 0.6) is 0 Å². The average molecular weight is 489 g/mol. The van der Waals surface area contributed by atoms with Crippen LogP contribution in [0.25, 0.3) is 5.65 Å². The van der Waals surface area contributed by atoms with Crippen molar-refractivity contribution in [3.8, 4) is 0 Å². The maximum absolute atomic E-state index is 13.7. The summed E-state index contributed by atoms with van der Waals surface area (Å²) in [6.07, 6.45) is 3.39. The second kappa shape index (κ2) is 11.3. The molecule has 0 aliphatic rings. The van der Waals surface area contributed by atoms with Crippen LogP contribution in [0.1, 0.15) is 53.0 Å². The summed E-state index contributed by atoms with van der Waals surface area (Å²) >= 11 is 6.05. The Labute approximate surface area is 210 Å². The van der Waals surface area contributed by atoms with Gasteiger partial charge in [0, 0.05) is 35.3 Å². The third kappa shape index (κ3) is 5.45. The van der Waals surface area contributed by atoms with Gasteiger partial charge in [-0.3, -0.25) is 14.0 Å². The summed E-state index contributed by atoms with van der Waals surface area (Å²) in [5.41, 5.74) is 9.03. The SMILES string of the molecule is CCC(c1nc2ccccn2c(=O)c1Cc1ccccc1)N(CCCN)C(=O)c1ccc(Cl)cc1. The van der Waals surface area contributed by atoms with Crippen molar-refractivity contribution in [2.24, 2.45) is 5.73 Å². The van der Waals surface area contributed by atoms with Crippen LogP contribution in [0.3, 0.4) is 0 Å². The molecule has 0 spiro atoms. The summed E-state index contributed by atoms with van der Waals surface area (Å²) in [6, 6.07) is 21.8. The normalized spacial score (nSPS) is 12.0. The van der Waals surface area contributed by atoms with Crippen LogP contribution in [-0.2, 0) is 6.42 Å². The van der Waals surface area contributed by atoms with Crippen LogP contribution in [0, 0.1) is 0 Å². The van der Waals surface area contributed by atoms with Crippen LogP contribution < -0.4 is 11.3 Å². The number of nitrogens with zero attached hydrogens (tertiary/aromatic N) is 3. The van der Waals surface area contributed by atoms with Gasteiger partial charge in [0.15, 0.2) is 0 Å². The highest BCUT2D eigenvalue weighted by Gasteiger charge is 2.29. The lowest BCUT2D eigenvalue weighted by molar-refractivity contribution is 0.0664. The van der Waals surface area contributed by atoms with E-state index in [0.29, 0.717) is 59.8 Å². The van der Waals surface area contributed by atoms with Crippen molar-refractivity contribution in [3.63, 3.8) is 0 Å². The third-order valence-corrected chi connectivity index (χ3v) is 6.37. The lowest BCUT2D eigenvalue weighted by Crippen LogP contribution is -2.38. The van der Waals surface area contributed by atoms with E-state index in [4.69, 9.17) is 22.3 Å². The molecule has 2 aromatic carbocycles. The monoisotopic (exact) mass is 488 g/mol. The summed E-state index contributed by atoms with van der Waals surface area (Å²) in [6.45, 7) is 2.92. The van der Waals surface area contributed by atoms with Crippen molar-refractivity contribution in [2.75, 3.05) is 13.1 Å². The lowest BCUT2D eigenvalue weighted by atomic mass is 9.97. The van der Waals surface area contributed by atoms with Crippen molar-refractivity contribution in [2.45, 2.75) is 32.2 Å². The van der Waals surface area contributed by atoms with E-state index >= 15 is 0 Å². The summed E-state index contributed by atoms with van der Waals surface area (Å²) in [5, 5.41) is 0.566. The quantitative estimate of drug-likeness (QED) is 0.364. The first-order valence-corrected chi connectivity index (χ1v) is 12.2. The second-order valence-electron chi connectivity index (χ2n) is 8.44. The summed E-state index contributed by atoms with van der Waals surface area (Å²) < 4.78 is 1.57. The number of hydrogen-bond acceptors (Lipinski definition) is 4. The van der Waals surface area contributed by atoms with Crippen LogP contribution in [-0.4, -0.2) is 33.3 Å². The first-order chi connectivity index (χ1) is 17.0. The summed E-state index contributed by atoms with van der Waals surface area (Å²) in [5.74, 6) is -0.136. The van der Waals surface area contributed by atoms with Crippen LogP contribution in [0.2, 0.25) is 5.02 Å². The molecule has 0 aliphatic heterocycles. The fraction of sp³-hybridized carbons (Fsp3) is 0.250. The molecule has 1 amide bonds. The van der Waals surface area contributed by atoms with Gasteiger partial charge in [0.2, 0.25) is 0 Å². The molecule has 0 radical (unpaired) electrons. The van der Waals surface area contributed by atoms with E-state index in [0.717, 1.165) is 5.56 Å². The molecule has 0 aliphatic carbocycles. The zero-order chi connectivity index (χ0) is 24.8. The summed E-state index contributed by atoms with van der Waals surface area (Å²) in [7, 11) is 0. The van der Waals surface area contributed by atoms with Gasteiger partial charge in [0.05, 0.1) is 11.7 Å². The molecule has 2 N–H and O–H groups in total. The highest BCUT2D eigenvalue weighted by atomic mass is 35.5. The number of aromatic nitrogens is 2. The number of nitrogens with two attached hydrogens (primary N) is 1. The van der Waals surface area contributed by atoms with E-state index in [2.05, 4.69) is 0 Å². The maximum atomic E-state index is 13.7. The average Bonchev–Trinajstić information content (AvgIpc) is 2.89. The Balaban J connectivity index is 1.86. The standard InChI is InChI=1S/C28H29ClN4O2/c1-2-24(32(18-8-16-30)27(34)21-12-14-22(29)15-13-21)26-23(19-20-9-4-3-5-10-20)28(35)33-17-7-6-11-25(33)31-26/h3-7,9-15,17,24H,2,8,16,18-19,30H2,1H3. The second-order valence-corrected chi connectivity index (χ2v) is 8.88. The van der Waals surface area contributed by atoms with E-state index in [1.807, 2.05) is 55.5 Å². The molecule has 1 atom stereocenters. The molecule has 6 nitrogen and oxygen atoms in total. The first kappa shape index (κ1) is 24.6. The van der Waals surface area contributed by atoms with E-state index in [9.17, 15) is 9.59 Å². The molecule has 180 valence electrons. The molecule has 2 heterocycles. The van der Waals surface area contributed by atoms with Gasteiger partial charge in [-0.15, -0.1) is 0 Å². The fourth-order valence-electron chi connectivity index (χ4n) is 4.36. The molecule has 0 fully saturated rings. The van der Waals surface area contributed by atoms with E-state index in [1.54, 1.807) is 39.8 Å². The van der Waals surface area contributed by atoms with Crippen molar-refractivity contribution in [3.05, 3.63) is 117 Å². The number of halogens is 1. The Hall–Kier alpha value is -3.48. The topological polar surface area (TPSA) is 80.7 Å². The predicted octanol–water partition coefficient (Wildman–Crippen LogP) is 4.88. The molecule has 7 heteroatoms. The Morgan fingerprint density at radius 2 is 1.77 bits per heavy atom. The number of rotatable bonds is 9. The van der Waals surface area contributed by atoms with Gasteiger partial charge in [0.25, 0.3) is 11.5 Å². The Morgan fingerprint density at radius 1 is 1.06 bits per heavy atom. The van der Waals surface area contributed by atoms with Gasteiger partial charge in [-0.1, -0.05) is 54.9 Å². The number of fused-ring (bicyclic) bond motifs is 1. The minimum Gasteiger partial charge on any atom is -0.330 e. The number of carbonyl (C=O) groups excluding carboxylic acids is 1. The molecule has 4 rings (SSSR count). The van der Waals surface area contributed by atoms with E-state index in [-0.39, 0.29) is 17.5 Å². The van der Waals surface area contributed by atoms with Crippen molar-refractivity contribution in [1.29, 1.82) is 0 Å². The first-order valence-electron chi connectivity index (χ1n) is 11.8. The zero-order valence-electron chi connectivity index (χ0n) is 19.7. The third-order valence-electron chi connectivity index (χ3n) is 6.12. The smallest absolute Gasteiger partial charge is 0.261 e. The maximum Gasteiger partial charge on any atom is 0.261 e. The Morgan fingerprint density at radius 3 is 2.46 bits per heavy atom. The van der Waals surface area contributed by atoms with Crippen molar-refractivity contribution in [1.82, 2.24) is 14.3 Å². The molecule has 35 heavy (non-hydrogen) atoms. The molecule has 0 bridgehead atoms. The molecular formula is C28H29ClN4O2. The fourth-order valence-corrected chi connectivity index (χ4v) is 4.49. The molecular weight excluding hydrogens is 460 g/mol. The van der Waals surface area contributed by atoms with Gasteiger partial charge in [-0.2, -0.15) is 0 Å². The number of amides is 1. The molecule has 2 aromatic heterocycles. The van der Waals surface area contributed by atoms with Crippen LogP contribution in [0.4, 0.5) is 0 Å². The van der Waals surface area contributed by atoms with Gasteiger partial charge >= 0.3 is 0 Å². The minimum atomic E-state index is -0.388. The van der Waals surface area contributed by atoms with E-state index in [1.165, 1.54) is 0 Å². The minimum absolute atomic E-state index is 0.120. The number of benzene rings is 2. The molecule has 4 aromatic rings. The Bertz CT molecular complexity index is 1350. The molecule has 0 saturated carbocycles. The highest BCUT2D eigenvalue weighted by Crippen LogP contribution is 2.28. The highest BCUT2D eigenvalue weighted by molar-refractivity contribution is 6.30.